The fraction of sp³-hybridized carbons (Fsp3) is 0.217. The van der Waals surface area contributed by atoms with Crippen LogP contribution in [-0.2, 0) is 6.61 Å². The van der Waals surface area contributed by atoms with E-state index in [2.05, 4.69) is 22.0 Å². The maximum absolute atomic E-state index is 13.0. The Morgan fingerprint density at radius 2 is 1.97 bits per heavy atom. The van der Waals surface area contributed by atoms with Crippen molar-refractivity contribution in [2.24, 2.45) is 0 Å². The van der Waals surface area contributed by atoms with Gasteiger partial charge in [0.25, 0.3) is 5.91 Å². The highest BCUT2D eigenvalue weighted by Crippen LogP contribution is 2.24. The number of hydrogen-bond acceptors (Lipinski definition) is 4. The number of hydrogen-bond donors (Lipinski definition) is 0. The lowest BCUT2D eigenvalue weighted by Crippen LogP contribution is -2.33. The standard InChI is InChI=1S/C23H21BrN2O3/c1-3-26(16(2)18-9-7-17(14-25)8-10-18)23(27)22-12-11-21(29-22)15-28-20-6-4-5-19(24)13-20/h4-13,16H,3,15H2,1-2H3. The van der Waals surface area contributed by atoms with Crippen LogP contribution in [0.3, 0.4) is 0 Å². The van der Waals surface area contributed by atoms with Crippen LogP contribution in [0.4, 0.5) is 0 Å². The summed E-state index contributed by atoms with van der Waals surface area (Å²) >= 11 is 3.41. The van der Waals surface area contributed by atoms with Gasteiger partial charge in [-0.3, -0.25) is 4.79 Å². The molecule has 0 spiro atoms. The van der Waals surface area contributed by atoms with Gasteiger partial charge in [0.05, 0.1) is 17.7 Å². The summed E-state index contributed by atoms with van der Waals surface area (Å²) < 4.78 is 12.4. The number of benzene rings is 2. The third kappa shape index (κ3) is 5.07. The van der Waals surface area contributed by atoms with Gasteiger partial charge in [0.2, 0.25) is 0 Å². The van der Waals surface area contributed by atoms with Crippen molar-refractivity contribution >= 4 is 21.8 Å². The monoisotopic (exact) mass is 452 g/mol. The molecule has 5 nitrogen and oxygen atoms in total. The molecule has 3 rings (SSSR count). The van der Waals surface area contributed by atoms with Crippen molar-refractivity contribution in [3.63, 3.8) is 0 Å². The summed E-state index contributed by atoms with van der Waals surface area (Å²) in [6, 6.07) is 20.2. The molecule has 3 aromatic rings. The third-order valence-corrected chi connectivity index (χ3v) is 5.13. The second-order valence-electron chi connectivity index (χ2n) is 6.51. The number of carbonyl (C=O) groups is 1. The molecule has 1 amide bonds. The lowest BCUT2D eigenvalue weighted by molar-refractivity contribution is 0.0665. The Morgan fingerprint density at radius 3 is 2.62 bits per heavy atom. The van der Waals surface area contributed by atoms with E-state index in [0.29, 0.717) is 23.6 Å². The largest absolute Gasteiger partial charge is 0.486 e. The average molecular weight is 453 g/mol. The SMILES string of the molecule is CCN(C(=O)c1ccc(COc2cccc(Br)c2)o1)C(C)c1ccc(C#N)cc1. The third-order valence-electron chi connectivity index (χ3n) is 4.64. The summed E-state index contributed by atoms with van der Waals surface area (Å²) in [6.45, 7) is 4.66. The molecule has 2 aromatic carbocycles. The predicted octanol–water partition coefficient (Wildman–Crippen LogP) is 5.72. The van der Waals surface area contributed by atoms with Crippen LogP contribution >= 0.6 is 15.9 Å². The molecule has 0 aliphatic rings. The molecule has 1 atom stereocenters. The molecule has 0 fully saturated rings. The van der Waals surface area contributed by atoms with Crippen LogP contribution in [-0.4, -0.2) is 17.4 Å². The highest BCUT2D eigenvalue weighted by Gasteiger charge is 2.24. The molecule has 0 aliphatic carbocycles. The van der Waals surface area contributed by atoms with Gasteiger partial charge < -0.3 is 14.1 Å². The Bertz CT molecular complexity index is 1020. The minimum Gasteiger partial charge on any atom is -0.486 e. The molecule has 148 valence electrons. The van der Waals surface area contributed by atoms with Crippen LogP contribution in [0.15, 0.2) is 69.6 Å². The topological polar surface area (TPSA) is 66.5 Å². The van der Waals surface area contributed by atoms with E-state index < -0.39 is 0 Å². The maximum atomic E-state index is 13.0. The van der Waals surface area contributed by atoms with Crippen LogP contribution in [0.2, 0.25) is 0 Å². The highest BCUT2D eigenvalue weighted by molar-refractivity contribution is 9.10. The second kappa shape index (κ2) is 9.44. The number of rotatable bonds is 7. The predicted molar refractivity (Wildman–Crippen MR) is 113 cm³/mol. The van der Waals surface area contributed by atoms with Gasteiger partial charge >= 0.3 is 0 Å². The van der Waals surface area contributed by atoms with Crippen LogP contribution in [0.25, 0.3) is 0 Å². The first-order valence-corrected chi connectivity index (χ1v) is 10.1. The lowest BCUT2D eigenvalue weighted by Gasteiger charge is -2.27. The zero-order valence-corrected chi connectivity index (χ0v) is 17.8. The van der Waals surface area contributed by atoms with Crippen molar-refractivity contribution in [1.29, 1.82) is 5.26 Å². The van der Waals surface area contributed by atoms with E-state index in [1.165, 1.54) is 0 Å². The summed E-state index contributed by atoms with van der Waals surface area (Å²) in [7, 11) is 0. The molecule has 6 heteroatoms. The first-order valence-electron chi connectivity index (χ1n) is 9.30. The van der Waals surface area contributed by atoms with E-state index in [1.54, 1.807) is 29.2 Å². The van der Waals surface area contributed by atoms with Gasteiger partial charge in [-0.1, -0.05) is 34.1 Å². The molecular weight excluding hydrogens is 432 g/mol. The van der Waals surface area contributed by atoms with Gasteiger partial charge in [-0.25, -0.2) is 0 Å². The smallest absolute Gasteiger partial charge is 0.290 e. The molecule has 0 saturated heterocycles. The summed E-state index contributed by atoms with van der Waals surface area (Å²) in [4.78, 5) is 14.7. The van der Waals surface area contributed by atoms with Crippen molar-refractivity contribution in [3.8, 4) is 11.8 Å². The highest BCUT2D eigenvalue weighted by atomic mass is 79.9. The normalized spacial score (nSPS) is 11.5. The molecule has 0 bridgehead atoms. The second-order valence-corrected chi connectivity index (χ2v) is 7.43. The van der Waals surface area contributed by atoms with E-state index >= 15 is 0 Å². The van der Waals surface area contributed by atoms with E-state index in [1.807, 2.05) is 50.2 Å². The Balaban J connectivity index is 1.68. The summed E-state index contributed by atoms with van der Waals surface area (Å²) in [5, 5.41) is 8.95. The summed E-state index contributed by atoms with van der Waals surface area (Å²) in [6.07, 6.45) is 0. The van der Waals surface area contributed by atoms with Crippen molar-refractivity contribution < 1.29 is 13.9 Å². The molecular formula is C23H21BrN2O3. The Morgan fingerprint density at radius 1 is 1.21 bits per heavy atom. The minimum absolute atomic E-state index is 0.147. The number of furan rings is 1. The Labute approximate surface area is 178 Å². The molecule has 1 unspecified atom stereocenters. The average Bonchev–Trinajstić information content (AvgIpc) is 3.22. The molecule has 0 N–H and O–H groups in total. The molecule has 0 aliphatic heterocycles. The molecule has 0 saturated carbocycles. The van der Waals surface area contributed by atoms with Gasteiger partial charge in [0.15, 0.2) is 5.76 Å². The van der Waals surface area contributed by atoms with Crippen LogP contribution in [0, 0.1) is 11.3 Å². The van der Waals surface area contributed by atoms with Crippen molar-refractivity contribution in [2.75, 3.05) is 6.54 Å². The zero-order valence-electron chi connectivity index (χ0n) is 16.3. The first kappa shape index (κ1) is 20.7. The van der Waals surface area contributed by atoms with Gasteiger partial charge in [-0.2, -0.15) is 5.26 Å². The fourth-order valence-corrected chi connectivity index (χ4v) is 3.41. The van der Waals surface area contributed by atoms with Crippen molar-refractivity contribution in [2.45, 2.75) is 26.5 Å². The molecule has 1 heterocycles. The Kier molecular flexibility index (Phi) is 6.73. The quantitative estimate of drug-likeness (QED) is 0.459. The number of nitriles is 1. The van der Waals surface area contributed by atoms with Crippen LogP contribution < -0.4 is 4.74 Å². The maximum Gasteiger partial charge on any atom is 0.290 e. The number of amides is 1. The van der Waals surface area contributed by atoms with Crippen LogP contribution in [0.1, 0.15) is 47.3 Å². The fourth-order valence-electron chi connectivity index (χ4n) is 3.03. The number of carbonyl (C=O) groups excluding carboxylic acids is 1. The van der Waals surface area contributed by atoms with Gasteiger partial charge in [-0.05, 0) is 61.9 Å². The van der Waals surface area contributed by atoms with E-state index in [9.17, 15) is 4.79 Å². The first-order chi connectivity index (χ1) is 14.0. The number of halogens is 1. The molecule has 29 heavy (non-hydrogen) atoms. The molecule has 0 radical (unpaired) electrons. The number of nitrogens with zero attached hydrogens (tertiary/aromatic N) is 2. The van der Waals surface area contributed by atoms with Crippen LogP contribution in [0.5, 0.6) is 5.75 Å². The zero-order chi connectivity index (χ0) is 20.8. The van der Waals surface area contributed by atoms with Crippen molar-refractivity contribution in [1.82, 2.24) is 4.90 Å². The van der Waals surface area contributed by atoms with E-state index in [0.717, 1.165) is 10.0 Å². The molecule has 1 aromatic heterocycles. The van der Waals surface area contributed by atoms with E-state index in [4.69, 9.17) is 14.4 Å². The van der Waals surface area contributed by atoms with Gasteiger partial charge in [0, 0.05) is 11.0 Å². The lowest BCUT2D eigenvalue weighted by atomic mass is 10.0. The summed E-state index contributed by atoms with van der Waals surface area (Å²) in [5.41, 5.74) is 1.56. The van der Waals surface area contributed by atoms with E-state index in [-0.39, 0.29) is 24.3 Å². The number of ether oxygens (including phenoxy) is 1. The Hall–Kier alpha value is -3.04. The minimum atomic E-state index is -0.182. The van der Waals surface area contributed by atoms with Gasteiger partial charge in [0.1, 0.15) is 18.1 Å². The summed E-state index contributed by atoms with van der Waals surface area (Å²) in [5.74, 6) is 1.39. The van der Waals surface area contributed by atoms with Gasteiger partial charge in [-0.15, -0.1) is 0 Å². The van der Waals surface area contributed by atoms with Crippen molar-refractivity contribution in [3.05, 3.63) is 87.8 Å².